The van der Waals surface area contributed by atoms with E-state index in [9.17, 15) is 48.0 Å². The van der Waals surface area contributed by atoms with Crippen molar-refractivity contribution < 1.29 is 56.8 Å². The number of alkyl halides is 6. The van der Waals surface area contributed by atoms with Gasteiger partial charge in [-0.2, -0.15) is 19.0 Å². The zero-order chi connectivity index (χ0) is 46.8. The first kappa shape index (κ1) is 46.7. The van der Waals surface area contributed by atoms with E-state index in [4.69, 9.17) is 11.6 Å². The predicted octanol–water partition coefficient (Wildman–Crippen LogP) is 7.89. The molecule has 0 radical (unpaired) electrons. The molecule has 3 heterocycles. The summed E-state index contributed by atoms with van der Waals surface area (Å²) in [6, 6.07) is 6.22. The maximum atomic E-state index is 15.5. The molecule has 342 valence electrons. The van der Waals surface area contributed by atoms with Crippen LogP contribution in [0.2, 0.25) is 5.02 Å². The average Bonchev–Trinajstić information content (AvgIpc) is 3.85. The number of halogens is 9. The van der Waals surface area contributed by atoms with Crippen molar-refractivity contribution in [3.8, 4) is 23.0 Å². The molecule has 1 amide bonds. The summed E-state index contributed by atoms with van der Waals surface area (Å²) in [6.07, 6.45) is -5.63. The summed E-state index contributed by atoms with van der Waals surface area (Å²) in [6.45, 7) is 1.67. The SMILES string of the molecule is C[C@H]1Cc2c(C(F)F)nn(CC(=O)NC(Cc3cc(F)cc(F)c3)c3nc(C#CC(C)(C)S(C)(=O)=O)ccc3-c3ccc(Cl)c4c(NS(=O)(=O)C5CC5)nn(CC(F)F)c34)c2C1(F)F. The lowest BCUT2D eigenvalue weighted by molar-refractivity contribution is -0.123. The van der Waals surface area contributed by atoms with Gasteiger partial charge in [-0.25, -0.2) is 48.2 Å². The molecule has 1 fully saturated rings. The van der Waals surface area contributed by atoms with Crippen LogP contribution in [-0.2, 0) is 56.5 Å². The van der Waals surface area contributed by atoms with Gasteiger partial charge in [-0.3, -0.25) is 18.9 Å². The van der Waals surface area contributed by atoms with Gasteiger partial charge in [0.1, 0.15) is 46.6 Å². The maximum Gasteiger partial charge on any atom is 0.292 e. The Hall–Kier alpha value is -5.27. The molecule has 1 saturated carbocycles. The molecule has 3 aromatic heterocycles. The smallest absolute Gasteiger partial charge is 0.292 e. The normalized spacial score (nSPS) is 16.8. The van der Waals surface area contributed by atoms with E-state index in [0.29, 0.717) is 23.6 Å². The van der Waals surface area contributed by atoms with E-state index in [1.807, 2.05) is 0 Å². The maximum absolute atomic E-state index is 15.5. The Morgan fingerprint density at radius 1 is 0.969 bits per heavy atom. The largest absolute Gasteiger partial charge is 0.346 e. The van der Waals surface area contributed by atoms with Crippen molar-refractivity contribution >= 4 is 54.1 Å². The number of carbonyl (C=O) groups excluding carboxylic acids is 1. The zero-order valence-corrected chi connectivity index (χ0v) is 36.6. The third-order valence-corrected chi connectivity index (χ3v) is 15.1. The standard InChI is InChI=1S/C41H38ClF8N7O5S2/c1-20-13-28-35(38(47)48)53-57(37(28)41(20,49)50)19-32(58)52-30(16-21-14-22(43)17-23(44)15-21)34-26(8-5-24(51-34)11-12-40(2,3)63(4,59)60)27-9-10-29(42)33-36(27)56(18-31(45)46)54-39(33)55-64(61,62)25-6-7-25/h5,8-10,14-15,17,20,25,30-31,38H,6-7,13,16,18-19H2,1-4H3,(H,52,58)(H,54,55)/t20-,30?/m0/s1. The number of nitrogens with zero attached hydrogens (tertiary/aromatic N) is 5. The van der Waals surface area contributed by atoms with Crippen LogP contribution in [0.1, 0.15) is 80.0 Å². The van der Waals surface area contributed by atoms with E-state index < -0.39 is 121 Å². The number of fused-ring (bicyclic) bond motifs is 2. The van der Waals surface area contributed by atoms with Gasteiger partial charge >= 0.3 is 0 Å². The summed E-state index contributed by atoms with van der Waals surface area (Å²) < 4.78 is 170. The van der Waals surface area contributed by atoms with Gasteiger partial charge in [-0.1, -0.05) is 30.5 Å². The Balaban J connectivity index is 1.44. The van der Waals surface area contributed by atoms with E-state index in [-0.39, 0.29) is 49.8 Å². The molecule has 2 atom stereocenters. The number of hydrogen-bond donors (Lipinski definition) is 2. The third kappa shape index (κ3) is 9.29. The van der Waals surface area contributed by atoms with Gasteiger partial charge in [0.2, 0.25) is 15.9 Å². The zero-order valence-electron chi connectivity index (χ0n) is 34.2. The molecule has 0 spiro atoms. The lowest BCUT2D eigenvalue weighted by Crippen LogP contribution is -2.35. The Morgan fingerprint density at radius 3 is 2.23 bits per heavy atom. The lowest BCUT2D eigenvalue weighted by atomic mass is 9.93. The second-order valence-electron chi connectivity index (χ2n) is 16.2. The minimum atomic E-state index is -4.04. The summed E-state index contributed by atoms with van der Waals surface area (Å²) >= 11 is 6.62. The van der Waals surface area contributed by atoms with E-state index in [0.717, 1.165) is 30.0 Å². The Morgan fingerprint density at radius 2 is 1.62 bits per heavy atom. The van der Waals surface area contributed by atoms with Gasteiger partial charge in [0.15, 0.2) is 15.7 Å². The van der Waals surface area contributed by atoms with Crippen molar-refractivity contribution in [1.29, 1.82) is 0 Å². The first-order chi connectivity index (χ1) is 29.8. The summed E-state index contributed by atoms with van der Waals surface area (Å²) in [5.41, 5.74) is -2.82. The van der Waals surface area contributed by atoms with Gasteiger partial charge < -0.3 is 5.32 Å². The van der Waals surface area contributed by atoms with E-state index in [1.54, 1.807) is 0 Å². The fourth-order valence-electron chi connectivity index (χ4n) is 7.38. The van der Waals surface area contributed by atoms with Crippen LogP contribution >= 0.6 is 11.6 Å². The molecule has 2 N–H and O–H groups in total. The Labute approximate surface area is 366 Å². The molecule has 5 aromatic rings. The van der Waals surface area contributed by atoms with Crippen LogP contribution in [0.4, 0.5) is 40.9 Å². The summed E-state index contributed by atoms with van der Waals surface area (Å²) in [5.74, 6) is -3.35. The van der Waals surface area contributed by atoms with Crippen LogP contribution < -0.4 is 10.0 Å². The second kappa shape index (κ2) is 16.9. The minimum Gasteiger partial charge on any atom is -0.346 e. The van der Waals surface area contributed by atoms with Crippen molar-refractivity contribution in [1.82, 2.24) is 29.9 Å². The number of anilines is 1. The molecule has 2 aliphatic carbocycles. The topological polar surface area (TPSA) is 158 Å². The monoisotopic (exact) mass is 959 g/mol. The van der Waals surface area contributed by atoms with E-state index >= 15 is 8.78 Å². The highest BCUT2D eigenvalue weighted by atomic mass is 35.5. The molecule has 1 unspecified atom stereocenters. The molecular formula is C41H38ClF8N7O5S2. The minimum absolute atomic E-state index is 0.00710. The van der Waals surface area contributed by atoms with Crippen LogP contribution in [0.25, 0.3) is 22.0 Å². The van der Waals surface area contributed by atoms with Crippen LogP contribution in [0.3, 0.4) is 0 Å². The molecule has 0 bridgehead atoms. The van der Waals surface area contributed by atoms with Crippen molar-refractivity contribution in [3.05, 3.63) is 93.0 Å². The number of benzene rings is 2. The van der Waals surface area contributed by atoms with Gasteiger partial charge in [-0.05, 0) is 81.3 Å². The van der Waals surface area contributed by atoms with Crippen LogP contribution in [0.5, 0.6) is 0 Å². The van der Waals surface area contributed by atoms with E-state index in [2.05, 4.69) is 37.1 Å². The first-order valence-corrected chi connectivity index (χ1v) is 23.3. The highest BCUT2D eigenvalue weighted by Crippen LogP contribution is 2.48. The van der Waals surface area contributed by atoms with Gasteiger partial charge in [-0.15, -0.1) is 0 Å². The van der Waals surface area contributed by atoms with Gasteiger partial charge in [0.25, 0.3) is 18.8 Å². The molecule has 23 heteroatoms. The van der Waals surface area contributed by atoms with Gasteiger partial charge in [0.05, 0.1) is 32.9 Å². The molecule has 64 heavy (non-hydrogen) atoms. The number of sulfone groups is 1. The van der Waals surface area contributed by atoms with Gasteiger partial charge in [0, 0.05) is 34.9 Å². The molecular weight excluding hydrogens is 922 g/mol. The molecule has 7 rings (SSSR count). The van der Waals surface area contributed by atoms with Crippen molar-refractivity contribution in [2.24, 2.45) is 5.92 Å². The van der Waals surface area contributed by atoms with Crippen LogP contribution in [0, 0.1) is 29.4 Å². The number of rotatable bonds is 14. The molecule has 0 saturated heterocycles. The summed E-state index contributed by atoms with van der Waals surface area (Å²) in [5, 5.41) is 9.43. The lowest BCUT2D eigenvalue weighted by Gasteiger charge is -2.23. The predicted molar refractivity (Wildman–Crippen MR) is 220 cm³/mol. The fourth-order valence-corrected chi connectivity index (χ4v) is 9.19. The fraction of sp³-hybridized carbons (Fsp3) is 0.415. The Kier molecular flexibility index (Phi) is 12.4. The highest BCUT2D eigenvalue weighted by Gasteiger charge is 2.51. The summed E-state index contributed by atoms with van der Waals surface area (Å²) in [7, 11) is -7.83. The van der Waals surface area contributed by atoms with Crippen molar-refractivity contribution in [2.75, 3.05) is 11.0 Å². The van der Waals surface area contributed by atoms with Crippen LogP contribution in [-0.4, -0.2) is 70.0 Å². The number of nitrogens with one attached hydrogen (secondary N) is 2. The average molecular weight is 960 g/mol. The Bertz CT molecular complexity index is 2960. The van der Waals surface area contributed by atoms with Crippen molar-refractivity contribution in [3.63, 3.8) is 0 Å². The molecule has 0 aliphatic heterocycles. The number of hydrogen-bond acceptors (Lipinski definition) is 8. The molecule has 2 aliphatic rings. The number of aromatic nitrogens is 5. The molecule has 12 nitrogen and oxygen atoms in total. The summed E-state index contributed by atoms with van der Waals surface area (Å²) in [4.78, 5) is 18.7. The second-order valence-corrected chi connectivity index (χ2v) is 21.2. The van der Waals surface area contributed by atoms with Crippen LogP contribution in [0.15, 0.2) is 42.5 Å². The number of sulfonamides is 1. The first-order valence-electron chi connectivity index (χ1n) is 19.5. The number of pyridine rings is 1. The quantitative estimate of drug-likeness (QED) is 0.0841. The third-order valence-electron chi connectivity index (χ3n) is 11.0. The number of amides is 1. The van der Waals surface area contributed by atoms with E-state index in [1.165, 1.54) is 38.1 Å². The molecule has 2 aromatic carbocycles. The number of carbonyl (C=O) groups is 1. The van der Waals surface area contributed by atoms with Crippen molar-refractivity contribution in [2.45, 2.75) is 94.4 Å². The highest BCUT2D eigenvalue weighted by molar-refractivity contribution is 7.93.